The van der Waals surface area contributed by atoms with E-state index >= 15 is 0 Å². The highest BCUT2D eigenvalue weighted by Crippen LogP contribution is 2.34. The number of ether oxygens (including phenoxy) is 4. The maximum absolute atomic E-state index is 14.6. The van der Waals surface area contributed by atoms with Gasteiger partial charge in [0.2, 0.25) is 29.5 Å². The molecule has 1 unspecified atom stereocenters. The number of alkyl halides is 4. The van der Waals surface area contributed by atoms with Gasteiger partial charge in [-0.1, -0.05) is 0 Å². The molecule has 6 heterocycles. The molecule has 114 heavy (non-hydrogen) atoms. The summed E-state index contributed by atoms with van der Waals surface area (Å²) in [7, 11) is 0. The van der Waals surface area contributed by atoms with Gasteiger partial charge in [0.1, 0.15) is 40.8 Å². The predicted octanol–water partition coefficient (Wildman–Crippen LogP) is 3.14. The van der Waals surface area contributed by atoms with Crippen molar-refractivity contribution in [3.8, 4) is 23.6 Å². The summed E-state index contributed by atoms with van der Waals surface area (Å²) in [6.07, 6.45) is 3.10. The number of esters is 2. The summed E-state index contributed by atoms with van der Waals surface area (Å²) in [4.78, 5) is 167. The molecule has 6 N–H and O–H groups in total. The number of benzene rings is 2. The largest absolute Gasteiger partial charge is 0.494 e. The first kappa shape index (κ1) is 89.1. The van der Waals surface area contributed by atoms with Gasteiger partial charge in [-0.15, -0.1) is 0 Å². The van der Waals surface area contributed by atoms with Crippen molar-refractivity contribution >= 4 is 87.0 Å². The van der Waals surface area contributed by atoms with E-state index in [1.165, 1.54) is 24.5 Å². The quantitative estimate of drug-likeness (QED) is 0.0222. The smallest absolute Gasteiger partial charge is 0.323 e. The number of carboxylic acids is 2. The number of nitriles is 2. The van der Waals surface area contributed by atoms with E-state index in [9.17, 15) is 91.0 Å². The fraction of sp³-hybridized carbons (Fsp3) is 0.597. The van der Waals surface area contributed by atoms with Gasteiger partial charge >= 0.3 is 23.9 Å². The molecule has 0 saturated carbocycles. The molecule has 4 atom stereocenters. The molecule has 4 fully saturated rings. The Morgan fingerprint density at radius 1 is 0.579 bits per heavy atom. The monoisotopic (exact) mass is 1600 g/mol. The lowest BCUT2D eigenvalue weighted by Crippen LogP contribution is -2.53. The third-order valence-electron chi connectivity index (χ3n) is 19.4. The number of hydrogen-bond acceptors (Lipinski definition) is 24. The number of fused-ring (bicyclic) bond motifs is 2. The topological polar surface area (TPSA) is 413 Å². The normalized spacial score (nSPS) is 18.9. The summed E-state index contributed by atoms with van der Waals surface area (Å²) in [6, 6.07) is 11.8. The van der Waals surface area contributed by atoms with Gasteiger partial charge in [-0.2, -0.15) is 10.5 Å². The summed E-state index contributed by atoms with van der Waals surface area (Å²) >= 11 is 0. The minimum Gasteiger partial charge on any atom is -0.494 e. The Kier molecular flexibility index (Phi) is 32.1. The van der Waals surface area contributed by atoms with E-state index in [1.807, 2.05) is 4.90 Å². The standard InChI is InChI=1S/C77H102F4N16O17/c1-74(2,3)113-70(107)48-92-28-27-90(46-68(103)104)25-26-91(47-69(105)106)29-31-93(32-30-92)62(73(110)114-75(4,5)6)15-16-65(100)94-24-19-51(43-94)95(44-63(98)86-20-7-9-33-111-54-11-13-60-58(35-54)56(17-22-84-60)71(108)88-41-66(101)96-49-76(78,79)37-52(96)39-82)45-64(99)87-21-8-10-34-112-55-12-14-61-59(36-55)57(18-23-85-61)72(109)89-42-67(102)97-50-77(80,81)38-53(97)40-83/h11-14,17-18,22-23,35-36,51-53,62H,7-10,15-16,19-21,24-34,37-38,41-50H2,1-6H3,(H,86,98)(H,87,99)(H,88,108)(H,89,109)(H,103,104)(H,105,106)/t51-,52-,53-,62?/m0/s1. The van der Waals surface area contributed by atoms with Gasteiger partial charge < -0.3 is 65.1 Å². The summed E-state index contributed by atoms with van der Waals surface area (Å²) in [5.41, 5.74) is -0.690. The van der Waals surface area contributed by atoms with Crippen LogP contribution in [0.5, 0.6) is 11.5 Å². The molecule has 33 nitrogen and oxygen atoms in total. The van der Waals surface area contributed by atoms with E-state index < -0.39 is 146 Å². The first-order valence-electron chi connectivity index (χ1n) is 38.0. The molecule has 620 valence electrons. The highest BCUT2D eigenvalue weighted by Gasteiger charge is 2.49. The van der Waals surface area contributed by atoms with Gasteiger partial charge in [0.05, 0.1) is 106 Å². The Hall–Kier alpha value is -10.5. The number of nitrogens with one attached hydrogen (secondary N) is 4. The number of hydrogen-bond donors (Lipinski definition) is 6. The summed E-state index contributed by atoms with van der Waals surface area (Å²) in [5, 5.41) is 49.9. The van der Waals surface area contributed by atoms with E-state index in [-0.39, 0.29) is 154 Å². The van der Waals surface area contributed by atoms with Crippen molar-refractivity contribution in [2.24, 2.45) is 0 Å². The summed E-state index contributed by atoms with van der Waals surface area (Å²) in [5.74, 6) is -13.3. The van der Waals surface area contributed by atoms with E-state index in [0.29, 0.717) is 65.4 Å². The van der Waals surface area contributed by atoms with Gasteiger partial charge in [-0.05, 0) is 129 Å². The SMILES string of the molecule is CC(C)(C)OC(=O)CN1CCN(CC(=O)O)CCN(CC(=O)O)CCN(C(CCC(=O)N2CC[C@H](N(CC(=O)NCCCCOc3ccc4nccc(C(=O)NCC(=O)N5CC(F)(F)C[C@H]5C#N)c4c3)CC(=O)NCCCCOc3ccc4nccc(C(=O)NCC(=O)N5CC(F)(F)C[C@H]5C#N)c4c3)C2)C(=O)OC(C)(C)C)CC1. The van der Waals surface area contributed by atoms with Crippen LogP contribution < -0.4 is 30.7 Å². The van der Waals surface area contributed by atoms with Crippen LogP contribution in [0, 0.1) is 22.7 Å². The van der Waals surface area contributed by atoms with E-state index in [1.54, 1.807) is 115 Å². The first-order chi connectivity index (χ1) is 53.9. The molecule has 7 amide bonds. The van der Waals surface area contributed by atoms with Gasteiger partial charge in [0, 0.05) is 127 Å². The van der Waals surface area contributed by atoms with E-state index in [4.69, 9.17) is 18.9 Å². The number of unbranched alkanes of at least 4 members (excludes halogenated alkanes) is 2. The van der Waals surface area contributed by atoms with Crippen molar-refractivity contribution in [3.05, 3.63) is 72.1 Å². The second kappa shape index (κ2) is 41.0. The van der Waals surface area contributed by atoms with Crippen LogP contribution in [0.4, 0.5) is 17.6 Å². The number of nitrogens with zero attached hydrogens (tertiary/aromatic N) is 12. The molecule has 37 heteroatoms. The maximum Gasteiger partial charge on any atom is 0.323 e. The van der Waals surface area contributed by atoms with E-state index in [2.05, 4.69) is 31.2 Å². The lowest BCUT2D eigenvalue weighted by Gasteiger charge is -2.37. The minimum absolute atomic E-state index is 0.0477. The van der Waals surface area contributed by atoms with Crippen LogP contribution in [0.2, 0.25) is 0 Å². The number of carbonyl (C=O) groups is 11. The van der Waals surface area contributed by atoms with Crippen LogP contribution in [-0.2, 0) is 52.6 Å². The Bertz CT molecular complexity index is 4010. The van der Waals surface area contributed by atoms with Crippen molar-refractivity contribution in [1.29, 1.82) is 10.5 Å². The molecule has 4 saturated heterocycles. The van der Waals surface area contributed by atoms with Gasteiger partial charge in [0.25, 0.3) is 23.7 Å². The number of pyridine rings is 2. The molecule has 4 aliphatic rings. The third kappa shape index (κ3) is 28.0. The number of carbonyl (C=O) groups excluding carboxylic acids is 9. The number of likely N-dealkylation sites (tertiary alicyclic amines) is 3. The van der Waals surface area contributed by atoms with Crippen molar-refractivity contribution in [2.45, 2.75) is 147 Å². The van der Waals surface area contributed by atoms with Crippen LogP contribution in [-0.4, -0.2) is 322 Å². The average Bonchev–Trinajstić information content (AvgIpc) is 1.06. The van der Waals surface area contributed by atoms with Crippen LogP contribution in [0.15, 0.2) is 60.9 Å². The van der Waals surface area contributed by atoms with Crippen molar-refractivity contribution in [1.82, 2.24) is 70.4 Å². The minimum atomic E-state index is -3.23. The van der Waals surface area contributed by atoms with Crippen LogP contribution >= 0.6 is 0 Å². The lowest BCUT2D eigenvalue weighted by atomic mass is 10.1. The molecule has 0 aliphatic carbocycles. The zero-order valence-electron chi connectivity index (χ0n) is 65.1. The van der Waals surface area contributed by atoms with Crippen molar-refractivity contribution in [2.75, 3.05) is 151 Å². The number of rotatable bonds is 34. The lowest BCUT2D eigenvalue weighted by molar-refractivity contribution is -0.163. The zero-order valence-corrected chi connectivity index (χ0v) is 65.1. The highest BCUT2D eigenvalue weighted by molar-refractivity contribution is 6.08. The summed E-state index contributed by atoms with van der Waals surface area (Å²) in [6.45, 7) is 8.09. The van der Waals surface area contributed by atoms with Crippen molar-refractivity contribution in [3.63, 3.8) is 0 Å². The average molecular weight is 1600 g/mol. The Morgan fingerprint density at radius 2 is 1.02 bits per heavy atom. The predicted molar refractivity (Wildman–Crippen MR) is 402 cm³/mol. The molecular weight excluding hydrogens is 1500 g/mol. The number of carboxylic acid groups (broad SMARTS) is 2. The van der Waals surface area contributed by atoms with Gasteiger partial charge in [-0.25, -0.2) is 17.6 Å². The first-order valence-corrected chi connectivity index (χ1v) is 38.0. The maximum atomic E-state index is 14.6. The molecule has 8 rings (SSSR count). The van der Waals surface area contributed by atoms with Crippen molar-refractivity contribution < 1.29 is 99.5 Å². The highest BCUT2D eigenvalue weighted by atomic mass is 19.3. The third-order valence-corrected chi connectivity index (χ3v) is 19.4. The van der Waals surface area contributed by atoms with Crippen LogP contribution in [0.3, 0.4) is 0 Å². The Morgan fingerprint density at radius 3 is 1.45 bits per heavy atom. The zero-order chi connectivity index (χ0) is 83.1. The number of aliphatic carboxylic acids is 2. The van der Waals surface area contributed by atoms with Crippen LogP contribution in [0.1, 0.15) is 120 Å². The summed E-state index contributed by atoms with van der Waals surface area (Å²) < 4.78 is 79.9. The fourth-order valence-corrected chi connectivity index (χ4v) is 13.8. The molecular formula is C77H102F4N16O17. The molecule has 0 bridgehead atoms. The second-order valence-corrected chi connectivity index (χ2v) is 30.7. The molecule has 2 aromatic carbocycles. The Labute approximate surface area is 657 Å². The van der Waals surface area contributed by atoms with E-state index in [0.717, 1.165) is 9.80 Å². The molecule has 0 spiro atoms. The molecule has 2 aromatic heterocycles. The fourth-order valence-electron chi connectivity index (χ4n) is 13.8. The molecule has 4 aromatic rings. The Balaban J connectivity index is 0.896. The van der Waals surface area contributed by atoms with Crippen LogP contribution in [0.25, 0.3) is 21.8 Å². The number of amides is 7. The molecule has 0 radical (unpaired) electrons. The number of aromatic nitrogens is 2. The van der Waals surface area contributed by atoms with Gasteiger partial charge in [0.15, 0.2) is 0 Å². The number of halogens is 4. The molecule has 4 aliphatic heterocycles. The second-order valence-electron chi connectivity index (χ2n) is 30.7. The van der Waals surface area contributed by atoms with Gasteiger partial charge in [-0.3, -0.25) is 87.2 Å².